The molecule has 0 heterocycles. The highest BCUT2D eigenvalue weighted by Gasteiger charge is 2.50. The Morgan fingerprint density at radius 2 is 1.59 bits per heavy atom. The van der Waals surface area contributed by atoms with Crippen LogP contribution in [0, 0.1) is 23.2 Å². The summed E-state index contributed by atoms with van der Waals surface area (Å²) in [6.45, 7) is 6.62. The SMILES string of the molecule is CCOc1ccc(CCNC(=O)NCC23CC4CC(CC(C4)C2)C3)cc1OCC. The van der Waals surface area contributed by atoms with Gasteiger partial charge in [0.15, 0.2) is 11.5 Å². The van der Waals surface area contributed by atoms with Crippen LogP contribution in [0.25, 0.3) is 0 Å². The number of urea groups is 1. The molecule has 0 radical (unpaired) electrons. The lowest BCUT2D eigenvalue weighted by Crippen LogP contribution is -2.52. The first kappa shape index (κ1) is 20.4. The zero-order valence-electron chi connectivity index (χ0n) is 18.0. The smallest absolute Gasteiger partial charge is 0.314 e. The summed E-state index contributed by atoms with van der Waals surface area (Å²) in [7, 11) is 0. The van der Waals surface area contributed by atoms with Gasteiger partial charge >= 0.3 is 6.03 Å². The van der Waals surface area contributed by atoms with Crippen LogP contribution in [-0.4, -0.2) is 32.3 Å². The fourth-order valence-electron chi connectivity index (χ4n) is 6.41. The standard InChI is InChI=1S/C24H36N2O3/c1-3-28-21-6-5-17(12-22(21)29-4-2)7-8-25-23(27)26-16-24-13-18-9-19(14-24)11-20(10-18)15-24/h5-6,12,18-20H,3-4,7-11,13-16H2,1-2H3,(H2,25,26,27). The number of benzene rings is 1. The van der Waals surface area contributed by atoms with Gasteiger partial charge in [0.1, 0.15) is 0 Å². The molecule has 5 nitrogen and oxygen atoms in total. The van der Waals surface area contributed by atoms with Crippen molar-refractivity contribution in [1.82, 2.24) is 10.6 Å². The van der Waals surface area contributed by atoms with E-state index in [1.807, 2.05) is 32.0 Å². The van der Waals surface area contributed by atoms with E-state index in [1.165, 1.54) is 38.5 Å². The van der Waals surface area contributed by atoms with Crippen molar-refractivity contribution >= 4 is 6.03 Å². The van der Waals surface area contributed by atoms with Crippen molar-refractivity contribution in [1.29, 1.82) is 0 Å². The second kappa shape index (κ2) is 8.85. The van der Waals surface area contributed by atoms with E-state index >= 15 is 0 Å². The molecule has 0 aromatic heterocycles. The van der Waals surface area contributed by atoms with Gasteiger partial charge in [0.25, 0.3) is 0 Å². The Balaban J connectivity index is 1.23. The number of amides is 2. The fourth-order valence-corrected chi connectivity index (χ4v) is 6.41. The normalized spacial score (nSPS) is 29.5. The first-order valence-electron chi connectivity index (χ1n) is 11.5. The number of rotatable bonds is 9. The third-order valence-electron chi connectivity index (χ3n) is 7.10. The Hall–Kier alpha value is -1.91. The summed E-state index contributed by atoms with van der Waals surface area (Å²) in [5, 5.41) is 6.22. The summed E-state index contributed by atoms with van der Waals surface area (Å²) < 4.78 is 11.3. The van der Waals surface area contributed by atoms with Crippen LogP contribution in [0.15, 0.2) is 18.2 Å². The maximum Gasteiger partial charge on any atom is 0.314 e. The molecule has 0 spiro atoms. The highest BCUT2D eigenvalue weighted by Crippen LogP contribution is 2.59. The minimum Gasteiger partial charge on any atom is -0.490 e. The minimum absolute atomic E-state index is 0.0308. The van der Waals surface area contributed by atoms with Crippen LogP contribution in [0.2, 0.25) is 0 Å². The molecule has 0 aliphatic heterocycles. The quantitative estimate of drug-likeness (QED) is 0.640. The van der Waals surface area contributed by atoms with Gasteiger partial charge in [-0.05, 0) is 99.7 Å². The van der Waals surface area contributed by atoms with Crippen LogP contribution < -0.4 is 20.1 Å². The van der Waals surface area contributed by atoms with E-state index in [0.29, 0.717) is 25.2 Å². The lowest BCUT2D eigenvalue weighted by molar-refractivity contribution is -0.0498. The molecule has 2 amide bonds. The second-order valence-corrected chi connectivity index (χ2v) is 9.42. The van der Waals surface area contributed by atoms with E-state index in [1.54, 1.807) is 0 Å². The monoisotopic (exact) mass is 400 g/mol. The van der Waals surface area contributed by atoms with Gasteiger partial charge in [0.2, 0.25) is 0 Å². The van der Waals surface area contributed by atoms with Gasteiger partial charge in [-0.25, -0.2) is 4.79 Å². The largest absolute Gasteiger partial charge is 0.490 e. The van der Waals surface area contributed by atoms with E-state index < -0.39 is 0 Å². The highest BCUT2D eigenvalue weighted by atomic mass is 16.5. The molecule has 0 saturated heterocycles. The van der Waals surface area contributed by atoms with Gasteiger partial charge in [0.05, 0.1) is 13.2 Å². The molecule has 1 aromatic rings. The van der Waals surface area contributed by atoms with E-state index in [4.69, 9.17) is 9.47 Å². The molecule has 2 N–H and O–H groups in total. The zero-order valence-corrected chi connectivity index (χ0v) is 18.0. The second-order valence-electron chi connectivity index (χ2n) is 9.42. The van der Waals surface area contributed by atoms with Gasteiger partial charge < -0.3 is 20.1 Å². The summed E-state index contributed by atoms with van der Waals surface area (Å²) in [6, 6.07) is 5.99. The average molecular weight is 401 g/mol. The molecule has 160 valence electrons. The molecule has 4 saturated carbocycles. The predicted molar refractivity (Wildman–Crippen MR) is 114 cm³/mol. The molecule has 5 rings (SSSR count). The third-order valence-corrected chi connectivity index (χ3v) is 7.10. The lowest BCUT2D eigenvalue weighted by atomic mass is 9.49. The fraction of sp³-hybridized carbons (Fsp3) is 0.708. The van der Waals surface area contributed by atoms with Crippen molar-refractivity contribution in [3.05, 3.63) is 23.8 Å². The number of carbonyl (C=O) groups excluding carboxylic acids is 1. The maximum atomic E-state index is 12.4. The summed E-state index contributed by atoms with van der Waals surface area (Å²) in [6.07, 6.45) is 9.08. The predicted octanol–water partition coefficient (Wildman–Crippen LogP) is 4.54. The molecular weight excluding hydrogens is 364 g/mol. The van der Waals surface area contributed by atoms with Crippen LogP contribution in [-0.2, 0) is 6.42 Å². The van der Waals surface area contributed by atoms with Crippen LogP contribution in [0.4, 0.5) is 4.79 Å². The minimum atomic E-state index is -0.0308. The van der Waals surface area contributed by atoms with Crippen molar-refractivity contribution in [2.75, 3.05) is 26.3 Å². The van der Waals surface area contributed by atoms with E-state index in [2.05, 4.69) is 10.6 Å². The van der Waals surface area contributed by atoms with E-state index in [0.717, 1.165) is 47.8 Å². The molecule has 0 unspecified atom stereocenters. The van der Waals surface area contributed by atoms with Crippen LogP contribution >= 0.6 is 0 Å². The summed E-state index contributed by atoms with van der Waals surface area (Å²) >= 11 is 0. The van der Waals surface area contributed by atoms with Gasteiger partial charge in [0, 0.05) is 13.1 Å². The molecule has 4 bridgehead atoms. The first-order valence-corrected chi connectivity index (χ1v) is 11.5. The molecule has 5 heteroatoms. The molecule has 4 aliphatic rings. The Morgan fingerprint density at radius 1 is 0.966 bits per heavy atom. The van der Waals surface area contributed by atoms with E-state index in [-0.39, 0.29) is 6.03 Å². The van der Waals surface area contributed by atoms with E-state index in [9.17, 15) is 4.79 Å². The number of hydrogen-bond donors (Lipinski definition) is 2. The maximum absolute atomic E-state index is 12.4. The van der Waals surface area contributed by atoms with Gasteiger partial charge in [-0.2, -0.15) is 0 Å². The summed E-state index contributed by atoms with van der Waals surface area (Å²) in [4.78, 5) is 12.4. The highest BCUT2D eigenvalue weighted by molar-refractivity contribution is 5.73. The number of carbonyl (C=O) groups is 1. The van der Waals surface area contributed by atoms with Crippen molar-refractivity contribution in [3.8, 4) is 11.5 Å². The molecule has 4 fully saturated rings. The summed E-state index contributed by atoms with van der Waals surface area (Å²) in [5.74, 6) is 4.32. The zero-order chi connectivity index (χ0) is 20.3. The Labute approximate surface area is 174 Å². The lowest BCUT2D eigenvalue weighted by Gasteiger charge is -2.56. The average Bonchev–Trinajstić information content (AvgIpc) is 2.68. The molecule has 1 aromatic carbocycles. The van der Waals surface area contributed by atoms with Crippen LogP contribution in [0.3, 0.4) is 0 Å². The number of hydrogen-bond acceptors (Lipinski definition) is 3. The van der Waals surface area contributed by atoms with Crippen molar-refractivity contribution in [3.63, 3.8) is 0 Å². The Kier molecular flexibility index (Phi) is 6.21. The van der Waals surface area contributed by atoms with Gasteiger partial charge in [-0.3, -0.25) is 0 Å². The van der Waals surface area contributed by atoms with Crippen molar-refractivity contribution in [2.45, 2.75) is 58.8 Å². The Bertz CT molecular complexity index is 683. The van der Waals surface area contributed by atoms with Crippen LogP contribution in [0.1, 0.15) is 57.9 Å². The first-order chi connectivity index (χ1) is 14.1. The topological polar surface area (TPSA) is 59.6 Å². The summed E-state index contributed by atoms with van der Waals surface area (Å²) in [5.41, 5.74) is 1.52. The number of ether oxygens (including phenoxy) is 2. The van der Waals surface area contributed by atoms with Gasteiger partial charge in [-0.1, -0.05) is 6.07 Å². The number of nitrogens with one attached hydrogen (secondary N) is 2. The van der Waals surface area contributed by atoms with Gasteiger partial charge in [-0.15, -0.1) is 0 Å². The molecule has 29 heavy (non-hydrogen) atoms. The molecule has 4 aliphatic carbocycles. The van der Waals surface area contributed by atoms with Crippen molar-refractivity contribution < 1.29 is 14.3 Å². The van der Waals surface area contributed by atoms with Crippen LogP contribution in [0.5, 0.6) is 11.5 Å². The van der Waals surface area contributed by atoms with Crippen molar-refractivity contribution in [2.24, 2.45) is 23.2 Å². The third kappa shape index (κ3) is 4.81. The molecule has 0 atom stereocenters. The Morgan fingerprint density at radius 3 is 2.21 bits per heavy atom. The molecular formula is C24H36N2O3.